The Kier molecular flexibility index (Phi) is 3.54. The van der Waals surface area contributed by atoms with Gasteiger partial charge in [0.25, 0.3) is 0 Å². The zero-order valence-corrected chi connectivity index (χ0v) is 6.16. The van der Waals surface area contributed by atoms with Gasteiger partial charge in [0.2, 0.25) is 0 Å². The number of aliphatic carboxylic acids is 1. The van der Waals surface area contributed by atoms with Crippen LogP contribution in [0.25, 0.3) is 0 Å². The summed E-state index contributed by atoms with van der Waals surface area (Å²) < 4.78 is 0. The predicted octanol–water partition coefficient (Wildman–Crippen LogP) is 1.56. The minimum atomic E-state index is -1.05. The summed E-state index contributed by atoms with van der Waals surface area (Å²) in [4.78, 5) is 10.2. The molecule has 0 aliphatic heterocycles. The Morgan fingerprint density at radius 2 is 2.10 bits per heavy atom. The maximum Gasteiger partial charge on any atom is 0.334 e. The maximum atomic E-state index is 10.2. The van der Waals surface area contributed by atoms with Crippen molar-refractivity contribution in [2.45, 2.75) is 20.3 Å². The Bertz CT molecular complexity index is 147. The summed E-state index contributed by atoms with van der Waals surface area (Å²) in [6.07, 6.45) is 1.06. The van der Waals surface area contributed by atoms with Crippen LogP contribution in [0.3, 0.4) is 0 Å². The van der Waals surface area contributed by atoms with Crippen molar-refractivity contribution in [2.24, 2.45) is 5.92 Å². The lowest BCUT2D eigenvalue weighted by Gasteiger charge is -2.02. The normalized spacial score (nSPS) is 12.1. The van der Waals surface area contributed by atoms with Gasteiger partial charge < -0.3 is 10.2 Å². The molecule has 3 nitrogen and oxygen atoms in total. The number of carbonyl (C=O) groups is 1. The van der Waals surface area contributed by atoms with E-state index >= 15 is 0 Å². The predicted molar refractivity (Wildman–Crippen MR) is 37.8 cm³/mol. The first-order valence-electron chi connectivity index (χ1n) is 3.14. The molecule has 0 spiro atoms. The molecule has 0 saturated heterocycles. The molecular formula is C7H12O3. The standard InChI is InChI=1S/C7H12O3/c1-5(2)3-6(4-8)7(9)10/h4-5,8H,3H2,1-2H3,(H,9,10). The van der Waals surface area contributed by atoms with Crippen LogP contribution < -0.4 is 0 Å². The number of hydrogen-bond donors (Lipinski definition) is 2. The minimum Gasteiger partial charge on any atom is -0.515 e. The average molecular weight is 144 g/mol. The summed E-state index contributed by atoms with van der Waals surface area (Å²) in [5.74, 6) is -0.786. The van der Waals surface area contributed by atoms with Crippen molar-refractivity contribution in [3.63, 3.8) is 0 Å². The lowest BCUT2D eigenvalue weighted by atomic mass is 10.0. The number of carboxylic acids is 1. The van der Waals surface area contributed by atoms with Gasteiger partial charge in [0.15, 0.2) is 0 Å². The van der Waals surface area contributed by atoms with Crippen LogP contribution >= 0.6 is 0 Å². The molecule has 0 rings (SSSR count). The van der Waals surface area contributed by atoms with E-state index in [2.05, 4.69) is 0 Å². The lowest BCUT2D eigenvalue weighted by Crippen LogP contribution is -2.03. The van der Waals surface area contributed by atoms with Gasteiger partial charge in [0.05, 0.1) is 11.8 Å². The van der Waals surface area contributed by atoms with Crippen molar-refractivity contribution in [3.8, 4) is 0 Å². The van der Waals surface area contributed by atoms with Gasteiger partial charge in [-0.3, -0.25) is 0 Å². The van der Waals surface area contributed by atoms with E-state index in [1.165, 1.54) is 0 Å². The van der Waals surface area contributed by atoms with Gasteiger partial charge in [0.1, 0.15) is 0 Å². The average Bonchev–Trinajstić information content (AvgIpc) is 1.81. The Hall–Kier alpha value is -0.990. The van der Waals surface area contributed by atoms with Crippen LogP contribution in [0.2, 0.25) is 0 Å². The van der Waals surface area contributed by atoms with Gasteiger partial charge in [-0.2, -0.15) is 0 Å². The first-order chi connectivity index (χ1) is 4.57. The van der Waals surface area contributed by atoms with Crippen molar-refractivity contribution < 1.29 is 15.0 Å². The zero-order chi connectivity index (χ0) is 8.15. The van der Waals surface area contributed by atoms with Crippen molar-refractivity contribution in [1.29, 1.82) is 0 Å². The quantitative estimate of drug-likeness (QED) is 0.466. The lowest BCUT2D eigenvalue weighted by molar-refractivity contribution is -0.133. The molecule has 10 heavy (non-hydrogen) atoms. The number of hydrogen-bond acceptors (Lipinski definition) is 2. The van der Waals surface area contributed by atoms with Gasteiger partial charge in [-0.25, -0.2) is 4.79 Å². The molecule has 0 heterocycles. The molecule has 0 bridgehead atoms. The van der Waals surface area contributed by atoms with Gasteiger partial charge in [-0.1, -0.05) is 13.8 Å². The maximum absolute atomic E-state index is 10.2. The van der Waals surface area contributed by atoms with Crippen LogP contribution in [0.1, 0.15) is 20.3 Å². The van der Waals surface area contributed by atoms with E-state index in [1.807, 2.05) is 13.8 Å². The van der Waals surface area contributed by atoms with Gasteiger partial charge >= 0.3 is 5.97 Å². The van der Waals surface area contributed by atoms with Crippen molar-refractivity contribution in [2.75, 3.05) is 0 Å². The molecule has 0 atom stereocenters. The van der Waals surface area contributed by atoms with Crippen LogP contribution in [0.5, 0.6) is 0 Å². The fraction of sp³-hybridized carbons (Fsp3) is 0.571. The summed E-state index contributed by atoms with van der Waals surface area (Å²) in [5.41, 5.74) is 0.0648. The highest BCUT2D eigenvalue weighted by Crippen LogP contribution is 2.09. The summed E-state index contributed by atoms with van der Waals surface area (Å²) >= 11 is 0. The summed E-state index contributed by atoms with van der Waals surface area (Å²) in [6, 6.07) is 0. The third-order valence-corrected chi connectivity index (χ3v) is 1.06. The molecule has 0 saturated carbocycles. The minimum absolute atomic E-state index is 0.0648. The molecule has 0 fully saturated rings. The molecule has 2 N–H and O–H groups in total. The highest BCUT2D eigenvalue weighted by atomic mass is 16.4. The molecule has 0 aliphatic carbocycles. The van der Waals surface area contributed by atoms with E-state index in [1.54, 1.807) is 0 Å². The van der Waals surface area contributed by atoms with E-state index in [-0.39, 0.29) is 11.5 Å². The van der Waals surface area contributed by atoms with E-state index in [9.17, 15) is 4.79 Å². The molecule has 0 aromatic rings. The monoisotopic (exact) mass is 144 g/mol. The van der Waals surface area contributed by atoms with E-state index in [0.29, 0.717) is 12.7 Å². The molecule has 0 aromatic heterocycles. The first-order valence-corrected chi connectivity index (χ1v) is 3.14. The molecule has 58 valence electrons. The van der Waals surface area contributed by atoms with Crippen LogP contribution in [-0.2, 0) is 4.79 Å². The highest BCUT2D eigenvalue weighted by molar-refractivity contribution is 5.86. The number of carboxylic acid groups (broad SMARTS) is 1. The largest absolute Gasteiger partial charge is 0.515 e. The number of rotatable bonds is 3. The van der Waals surface area contributed by atoms with Gasteiger partial charge in [-0.05, 0) is 12.3 Å². The second-order valence-corrected chi connectivity index (χ2v) is 2.56. The fourth-order valence-corrected chi connectivity index (χ4v) is 0.635. The molecule has 0 amide bonds. The van der Waals surface area contributed by atoms with Crippen LogP contribution in [0, 0.1) is 5.92 Å². The molecule has 0 unspecified atom stereocenters. The van der Waals surface area contributed by atoms with Crippen LogP contribution in [0.15, 0.2) is 11.8 Å². The Balaban J connectivity index is 3.99. The highest BCUT2D eigenvalue weighted by Gasteiger charge is 2.08. The number of aliphatic hydroxyl groups excluding tert-OH is 1. The Morgan fingerprint density at radius 3 is 2.20 bits per heavy atom. The third-order valence-electron chi connectivity index (χ3n) is 1.06. The molecular weight excluding hydrogens is 132 g/mol. The SMILES string of the molecule is CC(C)CC(=CO)C(=O)O. The van der Waals surface area contributed by atoms with Gasteiger partial charge in [0, 0.05) is 0 Å². The number of aliphatic hydroxyl groups is 1. The Labute approximate surface area is 60.0 Å². The van der Waals surface area contributed by atoms with Crippen LogP contribution in [-0.4, -0.2) is 16.2 Å². The van der Waals surface area contributed by atoms with E-state index in [0.717, 1.165) is 0 Å². The summed E-state index contributed by atoms with van der Waals surface area (Å²) in [6.45, 7) is 3.79. The third kappa shape index (κ3) is 3.12. The smallest absolute Gasteiger partial charge is 0.334 e. The van der Waals surface area contributed by atoms with Crippen molar-refractivity contribution in [3.05, 3.63) is 11.8 Å². The zero-order valence-electron chi connectivity index (χ0n) is 6.16. The molecule has 3 heteroatoms. The summed E-state index contributed by atoms with van der Waals surface area (Å²) in [5, 5.41) is 16.8. The fourth-order valence-electron chi connectivity index (χ4n) is 0.635. The van der Waals surface area contributed by atoms with E-state index in [4.69, 9.17) is 10.2 Å². The topological polar surface area (TPSA) is 57.5 Å². The van der Waals surface area contributed by atoms with Crippen LogP contribution in [0.4, 0.5) is 0 Å². The first kappa shape index (κ1) is 9.01. The Morgan fingerprint density at radius 1 is 1.60 bits per heavy atom. The van der Waals surface area contributed by atoms with E-state index < -0.39 is 5.97 Å². The molecule has 0 aliphatic rings. The molecule has 0 radical (unpaired) electrons. The second-order valence-electron chi connectivity index (χ2n) is 2.56. The van der Waals surface area contributed by atoms with Crippen molar-refractivity contribution >= 4 is 5.97 Å². The second kappa shape index (κ2) is 3.93. The van der Waals surface area contributed by atoms with Crippen molar-refractivity contribution in [1.82, 2.24) is 0 Å². The summed E-state index contributed by atoms with van der Waals surface area (Å²) in [7, 11) is 0. The van der Waals surface area contributed by atoms with Gasteiger partial charge in [-0.15, -0.1) is 0 Å². The molecule has 0 aromatic carbocycles.